The summed E-state index contributed by atoms with van der Waals surface area (Å²) < 4.78 is 19.8. The molecule has 1 aromatic heterocycles. The molecular weight excluding hydrogens is 381 g/mol. The Balaban J connectivity index is 1.48. The molecule has 0 spiro atoms. The molecule has 158 valence electrons. The topological polar surface area (TPSA) is 54.5 Å². The number of hydrogen-bond donors (Lipinski definition) is 1. The van der Waals surface area contributed by atoms with E-state index in [1.165, 1.54) is 23.9 Å². The molecule has 2 heterocycles. The van der Waals surface area contributed by atoms with Gasteiger partial charge < -0.3 is 10.1 Å². The molecule has 5 nitrogen and oxygen atoms in total. The number of hydrogen-bond acceptors (Lipinski definition) is 4. The number of rotatable bonds is 7. The molecule has 1 N–H and O–H groups in total. The summed E-state index contributed by atoms with van der Waals surface area (Å²) in [5.74, 6) is -0.0746. The standard InChI is InChI=1S/C24H28FN3O2/c1-18(2)9-13-28-14-10-20(11-15-28)27-24(29)8-6-19-5-7-23(22(25)16-19)30-21-4-3-12-26-17-21/h3-9,12,16-17,20H,10-11,13-15H2,1-2H3,(H,27,29)/b8-6+. The van der Waals surface area contributed by atoms with E-state index in [1.54, 1.807) is 36.5 Å². The number of nitrogens with zero attached hydrogens (tertiary/aromatic N) is 2. The first-order chi connectivity index (χ1) is 14.5. The molecule has 0 bridgehead atoms. The molecule has 0 aliphatic carbocycles. The number of nitrogens with one attached hydrogen (secondary N) is 1. The van der Waals surface area contributed by atoms with Crippen LogP contribution in [-0.4, -0.2) is 41.5 Å². The van der Waals surface area contributed by atoms with Gasteiger partial charge in [0.15, 0.2) is 11.6 Å². The van der Waals surface area contributed by atoms with Crippen LogP contribution in [0.3, 0.4) is 0 Å². The zero-order chi connectivity index (χ0) is 21.3. The Bertz CT molecular complexity index is 900. The molecule has 6 heteroatoms. The predicted molar refractivity (Wildman–Crippen MR) is 117 cm³/mol. The van der Waals surface area contributed by atoms with Crippen molar-refractivity contribution in [1.29, 1.82) is 0 Å². The van der Waals surface area contributed by atoms with Crippen molar-refractivity contribution in [2.45, 2.75) is 32.7 Å². The minimum absolute atomic E-state index is 0.115. The highest BCUT2D eigenvalue weighted by molar-refractivity contribution is 5.91. The van der Waals surface area contributed by atoms with E-state index in [2.05, 4.69) is 35.1 Å². The number of piperidine rings is 1. The zero-order valence-corrected chi connectivity index (χ0v) is 17.5. The molecule has 1 saturated heterocycles. The third-order valence-electron chi connectivity index (χ3n) is 4.94. The quantitative estimate of drug-likeness (QED) is 0.538. The molecule has 0 saturated carbocycles. The Hall–Kier alpha value is -2.99. The summed E-state index contributed by atoms with van der Waals surface area (Å²) in [4.78, 5) is 18.6. The van der Waals surface area contributed by atoms with E-state index in [0.29, 0.717) is 11.3 Å². The van der Waals surface area contributed by atoms with E-state index < -0.39 is 5.82 Å². The molecule has 30 heavy (non-hydrogen) atoms. The number of allylic oxidation sites excluding steroid dienone is 1. The highest BCUT2D eigenvalue weighted by Gasteiger charge is 2.19. The molecule has 1 fully saturated rings. The lowest BCUT2D eigenvalue weighted by Gasteiger charge is -2.31. The van der Waals surface area contributed by atoms with E-state index in [9.17, 15) is 9.18 Å². The van der Waals surface area contributed by atoms with Gasteiger partial charge in [0.25, 0.3) is 0 Å². The summed E-state index contributed by atoms with van der Waals surface area (Å²) >= 11 is 0. The van der Waals surface area contributed by atoms with Gasteiger partial charge >= 0.3 is 0 Å². The number of likely N-dealkylation sites (tertiary alicyclic amines) is 1. The SMILES string of the molecule is CC(C)=CCN1CCC(NC(=O)/C=C/c2ccc(Oc3cccnc3)c(F)c2)CC1. The normalized spacial score (nSPS) is 15.2. The third kappa shape index (κ3) is 6.81. The summed E-state index contributed by atoms with van der Waals surface area (Å²) in [5.41, 5.74) is 1.92. The van der Waals surface area contributed by atoms with Crippen LogP contribution in [-0.2, 0) is 4.79 Å². The van der Waals surface area contributed by atoms with Crippen LogP contribution in [0.25, 0.3) is 6.08 Å². The maximum Gasteiger partial charge on any atom is 0.244 e. The predicted octanol–water partition coefficient (Wildman–Crippen LogP) is 4.57. The number of pyridine rings is 1. The molecule has 0 radical (unpaired) electrons. The number of carbonyl (C=O) groups excluding carboxylic acids is 1. The summed E-state index contributed by atoms with van der Waals surface area (Å²) in [6, 6.07) is 8.20. The van der Waals surface area contributed by atoms with Gasteiger partial charge in [0.05, 0.1) is 6.20 Å². The van der Waals surface area contributed by atoms with Crippen molar-refractivity contribution in [1.82, 2.24) is 15.2 Å². The van der Waals surface area contributed by atoms with Crippen molar-refractivity contribution in [2.24, 2.45) is 0 Å². The zero-order valence-electron chi connectivity index (χ0n) is 17.5. The van der Waals surface area contributed by atoms with Crippen molar-refractivity contribution >= 4 is 12.0 Å². The van der Waals surface area contributed by atoms with Gasteiger partial charge in [-0.3, -0.25) is 14.7 Å². The van der Waals surface area contributed by atoms with Crippen LogP contribution in [0.1, 0.15) is 32.3 Å². The third-order valence-corrected chi connectivity index (χ3v) is 4.94. The van der Waals surface area contributed by atoms with E-state index >= 15 is 0 Å². The van der Waals surface area contributed by atoms with Crippen molar-refractivity contribution < 1.29 is 13.9 Å². The average Bonchev–Trinajstić information content (AvgIpc) is 2.74. The summed E-state index contributed by atoms with van der Waals surface area (Å²) in [6.45, 7) is 7.12. The second-order valence-electron chi connectivity index (χ2n) is 7.68. The fourth-order valence-electron chi connectivity index (χ4n) is 3.23. The highest BCUT2D eigenvalue weighted by atomic mass is 19.1. The lowest BCUT2D eigenvalue weighted by atomic mass is 10.0. The van der Waals surface area contributed by atoms with Crippen molar-refractivity contribution in [2.75, 3.05) is 19.6 Å². The van der Waals surface area contributed by atoms with Crippen LogP contribution >= 0.6 is 0 Å². The highest BCUT2D eigenvalue weighted by Crippen LogP contribution is 2.24. The average molecular weight is 410 g/mol. The Morgan fingerprint density at radius 3 is 2.77 bits per heavy atom. The fourth-order valence-corrected chi connectivity index (χ4v) is 3.23. The lowest BCUT2D eigenvalue weighted by Crippen LogP contribution is -2.44. The molecule has 1 amide bonds. The van der Waals surface area contributed by atoms with Gasteiger partial charge in [0.2, 0.25) is 5.91 Å². The van der Waals surface area contributed by atoms with Gasteiger partial charge in [-0.05, 0) is 62.6 Å². The minimum atomic E-state index is -0.495. The van der Waals surface area contributed by atoms with Crippen molar-refractivity contribution in [3.63, 3.8) is 0 Å². The number of carbonyl (C=O) groups is 1. The van der Waals surface area contributed by atoms with Crippen LogP contribution < -0.4 is 10.1 Å². The molecule has 2 aromatic rings. The first-order valence-corrected chi connectivity index (χ1v) is 10.2. The van der Waals surface area contributed by atoms with Gasteiger partial charge in [-0.2, -0.15) is 0 Å². The molecule has 0 atom stereocenters. The summed E-state index contributed by atoms with van der Waals surface area (Å²) in [5, 5.41) is 3.04. The molecular formula is C24H28FN3O2. The van der Waals surface area contributed by atoms with E-state index in [-0.39, 0.29) is 17.7 Å². The second-order valence-corrected chi connectivity index (χ2v) is 7.68. The fraction of sp³-hybridized carbons (Fsp3) is 0.333. The van der Waals surface area contributed by atoms with E-state index in [4.69, 9.17) is 4.74 Å². The smallest absolute Gasteiger partial charge is 0.244 e. The van der Waals surface area contributed by atoms with Crippen LogP contribution in [0, 0.1) is 5.82 Å². The monoisotopic (exact) mass is 409 g/mol. The van der Waals surface area contributed by atoms with E-state index in [0.717, 1.165) is 32.5 Å². The second kappa shape index (κ2) is 10.7. The maximum atomic E-state index is 14.3. The van der Waals surface area contributed by atoms with Gasteiger partial charge in [-0.15, -0.1) is 0 Å². The summed E-state index contributed by atoms with van der Waals surface area (Å²) in [6.07, 6.45) is 10.3. The molecule has 1 aliphatic heterocycles. The number of amides is 1. The molecule has 0 unspecified atom stereocenters. The Labute approximate surface area is 177 Å². The van der Waals surface area contributed by atoms with Crippen LogP contribution in [0.15, 0.2) is 60.5 Å². The number of halogens is 1. The van der Waals surface area contributed by atoms with Crippen LogP contribution in [0.2, 0.25) is 0 Å². The number of aromatic nitrogens is 1. The molecule has 1 aromatic carbocycles. The molecule has 1 aliphatic rings. The van der Waals surface area contributed by atoms with Gasteiger partial charge in [0.1, 0.15) is 5.75 Å². The Kier molecular flexibility index (Phi) is 7.74. The summed E-state index contributed by atoms with van der Waals surface area (Å²) in [7, 11) is 0. The minimum Gasteiger partial charge on any atom is -0.453 e. The Morgan fingerprint density at radius 2 is 2.10 bits per heavy atom. The van der Waals surface area contributed by atoms with E-state index in [1.807, 2.05) is 0 Å². The molecule has 3 rings (SSSR count). The van der Waals surface area contributed by atoms with Gasteiger partial charge in [-0.25, -0.2) is 4.39 Å². The van der Waals surface area contributed by atoms with Crippen molar-refractivity contribution in [3.8, 4) is 11.5 Å². The van der Waals surface area contributed by atoms with Crippen LogP contribution in [0.4, 0.5) is 4.39 Å². The number of benzene rings is 1. The largest absolute Gasteiger partial charge is 0.453 e. The first-order valence-electron chi connectivity index (χ1n) is 10.2. The lowest BCUT2D eigenvalue weighted by molar-refractivity contribution is -0.117. The Morgan fingerprint density at radius 1 is 1.30 bits per heavy atom. The first kappa shape index (κ1) is 21.7. The van der Waals surface area contributed by atoms with Gasteiger partial charge in [0, 0.05) is 37.9 Å². The van der Waals surface area contributed by atoms with Crippen LogP contribution in [0.5, 0.6) is 11.5 Å². The maximum absolute atomic E-state index is 14.3. The number of ether oxygens (including phenoxy) is 1. The van der Waals surface area contributed by atoms with Gasteiger partial charge in [-0.1, -0.05) is 17.7 Å². The van der Waals surface area contributed by atoms with Crippen molar-refractivity contribution in [3.05, 3.63) is 71.8 Å².